The van der Waals surface area contributed by atoms with Crippen molar-refractivity contribution < 1.29 is 9.53 Å². The van der Waals surface area contributed by atoms with Gasteiger partial charge in [-0.2, -0.15) is 0 Å². The second-order valence-corrected chi connectivity index (χ2v) is 9.64. The molecule has 38 heavy (non-hydrogen) atoms. The maximum atomic E-state index is 13.3. The summed E-state index contributed by atoms with van der Waals surface area (Å²) in [4.78, 5) is 34.9. The van der Waals surface area contributed by atoms with E-state index < -0.39 is 0 Å². The number of piperazine rings is 1. The molecule has 1 aliphatic heterocycles. The van der Waals surface area contributed by atoms with Crippen LogP contribution in [0, 0.1) is 6.92 Å². The van der Waals surface area contributed by atoms with Gasteiger partial charge in [-0.3, -0.25) is 19.4 Å². The quantitative estimate of drug-likeness (QED) is 0.322. The first kappa shape index (κ1) is 25.6. The third kappa shape index (κ3) is 5.04. The van der Waals surface area contributed by atoms with E-state index in [1.54, 1.807) is 36.6 Å². The van der Waals surface area contributed by atoms with Crippen molar-refractivity contribution >= 4 is 34.1 Å². The van der Waals surface area contributed by atoms with E-state index in [-0.39, 0.29) is 11.9 Å². The Morgan fingerprint density at radius 3 is 2.68 bits per heavy atom. The molecule has 1 fully saturated rings. The van der Waals surface area contributed by atoms with Crippen molar-refractivity contribution in [2.45, 2.75) is 26.3 Å². The van der Waals surface area contributed by atoms with Gasteiger partial charge in [-0.1, -0.05) is 6.92 Å². The van der Waals surface area contributed by atoms with Crippen molar-refractivity contribution in [2.75, 3.05) is 51.0 Å². The van der Waals surface area contributed by atoms with Gasteiger partial charge in [-0.25, -0.2) is 9.97 Å². The maximum absolute atomic E-state index is 13.3. The normalized spacial score (nSPS) is 15.5. The minimum absolute atomic E-state index is 0.0161. The summed E-state index contributed by atoms with van der Waals surface area (Å²) in [7, 11) is 5.50. The van der Waals surface area contributed by atoms with Crippen LogP contribution in [-0.2, 0) is 11.8 Å². The lowest BCUT2D eigenvalue weighted by Gasteiger charge is -2.36. The van der Waals surface area contributed by atoms with Crippen LogP contribution in [0.5, 0.6) is 5.88 Å². The molecule has 0 bridgehead atoms. The topological polar surface area (TPSA) is 129 Å². The van der Waals surface area contributed by atoms with E-state index in [1.165, 1.54) is 0 Å². The van der Waals surface area contributed by atoms with Crippen LogP contribution in [0.1, 0.15) is 18.9 Å². The van der Waals surface area contributed by atoms with Gasteiger partial charge in [0.25, 0.3) is 5.88 Å². The molecule has 12 heteroatoms. The summed E-state index contributed by atoms with van der Waals surface area (Å²) in [5.74, 6) is 0.858. The molecule has 1 amide bonds. The number of nitrogens with zero attached hydrogens (tertiary/aromatic N) is 7. The first-order valence-electron chi connectivity index (χ1n) is 12.7. The van der Waals surface area contributed by atoms with E-state index in [0.29, 0.717) is 23.2 Å². The standard InChI is InChI=1S/C26H34N10O2/c1-6-21(36-9-7-34(3)8-10-36)24(37)30-19-14-27-12-17-18(13-28-23(17)19)22-16(2)11-29-26(32-22)31-20-15-35(4)33-25(20)38-5/h11-15,21,28H,6-10H2,1-5H3,(H,30,37)(H,29,31,32)/t21-/m0/s1. The highest BCUT2D eigenvalue weighted by Crippen LogP contribution is 2.33. The first-order valence-corrected chi connectivity index (χ1v) is 12.7. The zero-order chi connectivity index (χ0) is 26.8. The number of aromatic nitrogens is 6. The monoisotopic (exact) mass is 518 g/mol. The summed E-state index contributed by atoms with van der Waals surface area (Å²) in [6, 6.07) is -0.185. The number of carbonyl (C=O) groups is 1. The van der Waals surface area contributed by atoms with Gasteiger partial charge in [0.2, 0.25) is 11.9 Å². The van der Waals surface area contributed by atoms with Crippen LogP contribution in [-0.4, -0.2) is 91.8 Å². The summed E-state index contributed by atoms with van der Waals surface area (Å²) < 4.78 is 6.99. The van der Waals surface area contributed by atoms with Gasteiger partial charge >= 0.3 is 0 Å². The summed E-state index contributed by atoms with van der Waals surface area (Å²) in [5.41, 5.74) is 4.66. The van der Waals surface area contributed by atoms with E-state index in [1.807, 2.05) is 20.2 Å². The van der Waals surface area contributed by atoms with Crippen molar-refractivity contribution in [3.05, 3.63) is 36.5 Å². The van der Waals surface area contributed by atoms with Gasteiger partial charge in [-0.05, 0) is 26.0 Å². The molecule has 5 heterocycles. The Morgan fingerprint density at radius 2 is 1.95 bits per heavy atom. The van der Waals surface area contributed by atoms with Crippen molar-refractivity contribution in [3.63, 3.8) is 0 Å². The number of carbonyl (C=O) groups excluding carboxylic acids is 1. The number of anilines is 3. The fourth-order valence-corrected chi connectivity index (χ4v) is 4.89. The average molecular weight is 519 g/mol. The molecule has 12 nitrogen and oxygen atoms in total. The largest absolute Gasteiger partial charge is 0.478 e. The molecule has 0 aliphatic carbocycles. The number of likely N-dealkylation sites (N-methyl/N-ethyl adjacent to an activating group) is 1. The number of aryl methyl sites for hydroxylation is 2. The number of nitrogens with one attached hydrogen (secondary N) is 3. The van der Waals surface area contributed by atoms with Crippen LogP contribution < -0.4 is 15.4 Å². The number of hydrogen-bond acceptors (Lipinski definition) is 9. The third-order valence-corrected chi connectivity index (χ3v) is 6.98. The lowest BCUT2D eigenvalue weighted by molar-refractivity contribution is -0.122. The summed E-state index contributed by atoms with van der Waals surface area (Å²) in [6.07, 6.45) is 9.68. The maximum Gasteiger partial charge on any atom is 0.256 e. The van der Waals surface area contributed by atoms with E-state index >= 15 is 0 Å². The second kappa shape index (κ2) is 10.8. The van der Waals surface area contributed by atoms with Gasteiger partial charge in [0.15, 0.2) is 0 Å². The molecule has 1 aliphatic rings. The molecular weight excluding hydrogens is 484 g/mol. The number of fused-ring (bicyclic) bond motifs is 1. The van der Waals surface area contributed by atoms with Crippen molar-refractivity contribution in [1.29, 1.82) is 0 Å². The summed E-state index contributed by atoms with van der Waals surface area (Å²) >= 11 is 0. The van der Waals surface area contributed by atoms with Gasteiger partial charge < -0.3 is 25.3 Å². The molecule has 4 aromatic heterocycles. The molecule has 0 radical (unpaired) electrons. The molecule has 1 atom stereocenters. The number of pyridine rings is 1. The second-order valence-electron chi connectivity index (χ2n) is 9.64. The Morgan fingerprint density at radius 1 is 1.16 bits per heavy atom. The minimum atomic E-state index is -0.185. The Bertz CT molecular complexity index is 1440. The molecule has 4 aromatic rings. The Balaban J connectivity index is 1.41. The first-order chi connectivity index (χ1) is 18.4. The highest BCUT2D eigenvalue weighted by atomic mass is 16.5. The highest BCUT2D eigenvalue weighted by Gasteiger charge is 2.27. The van der Waals surface area contributed by atoms with Crippen molar-refractivity contribution in [1.82, 2.24) is 39.5 Å². The predicted octanol–water partition coefficient (Wildman–Crippen LogP) is 2.78. The molecule has 0 aromatic carbocycles. The van der Waals surface area contributed by atoms with Crippen molar-refractivity contribution in [3.8, 4) is 17.1 Å². The number of ether oxygens (including phenoxy) is 1. The summed E-state index contributed by atoms with van der Waals surface area (Å²) in [6.45, 7) is 7.70. The number of aromatic amines is 1. The highest BCUT2D eigenvalue weighted by molar-refractivity contribution is 6.06. The molecular formula is C26H34N10O2. The van der Waals surface area contributed by atoms with Gasteiger partial charge in [0.05, 0.1) is 42.4 Å². The zero-order valence-corrected chi connectivity index (χ0v) is 22.4. The summed E-state index contributed by atoms with van der Waals surface area (Å²) in [5, 5.41) is 11.4. The Labute approximate surface area is 221 Å². The Kier molecular flexibility index (Phi) is 7.25. The predicted molar refractivity (Wildman–Crippen MR) is 147 cm³/mol. The van der Waals surface area contributed by atoms with Crippen LogP contribution in [0.4, 0.5) is 17.3 Å². The van der Waals surface area contributed by atoms with E-state index in [9.17, 15) is 4.79 Å². The number of hydrogen-bond donors (Lipinski definition) is 3. The average Bonchev–Trinajstić information content (AvgIpc) is 3.50. The van der Waals surface area contributed by atoms with Crippen LogP contribution in [0.2, 0.25) is 0 Å². The van der Waals surface area contributed by atoms with E-state index in [2.05, 4.69) is 54.5 Å². The molecule has 200 valence electrons. The van der Waals surface area contributed by atoms with E-state index in [4.69, 9.17) is 9.72 Å². The van der Waals surface area contributed by atoms with Gasteiger partial charge in [-0.15, -0.1) is 5.10 Å². The smallest absolute Gasteiger partial charge is 0.256 e. The third-order valence-electron chi connectivity index (χ3n) is 6.98. The van der Waals surface area contributed by atoms with Crippen LogP contribution in [0.25, 0.3) is 22.2 Å². The fraction of sp³-hybridized carbons (Fsp3) is 0.423. The number of methoxy groups -OCH3 is 1. The van der Waals surface area contributed by atoms with E-state index in [0.717, 1.165) is 60.3 Å². The van der Waals surface area contributed by atoms with Gasteiger partial charge in [0.1, 0.15) is 5.69 Å². The molecule has 1 saturated heterocycles. The number of H-pyrrole nitrogens is 1. The molecule has 0 spiro atoms. The Hall–Kier alpha value is -4.03. The van der Waals surface area contributed by atoms with Crippen LogP contribution in [0.3, 0.4) is 0 Å². The SMILES string of the molecule is CC[C@@H](C(=O)Nc1cncc2c(-c3nc(Nc4cn(C)nc4OC)ncc3C)c[nH]c12)N1CCN(C)CC1. The van der Waals surface area contributed by atoms with Crippen LogP contribution in [0.15, 0.2) is 31.0 Å². The molecule has 0 saturated carbocycles. The zero-order valence-electron chi connectivity index (χ0n) is 22.4. The van der Waals surface area contributed by atoms with Gasteiger partial charge in [0, 0.05) is 62.8 Å². The lowest BCUT2D eigenvalue weighted by atomic mass is 10.1. The number of amides is 1. The van der Waals surface area contributed by atoms with Crippen LogP contribution >= 0.6 is 0 Å². The minimum Gasteiger partial charge on any atom is -0.478 e. The fourth-order valence-electron chi connectivity index (χ4n) is 4.89. The molecule has 5 rings (SSSR count). The molecule has 3 N–H and O–H groups in total. The number of rotatable bonds is 8. The lowest BCUT2D eigenvalue weighted by Crippen LogP contribution is -2.52. The molecule has 0 unspecified atom stereocenters. The van der Waals surface area contributed by atoms with Crippen molar-refractivity contribution in [2.24, 2.45) is 7.05 Å².